The second-order valence-electron chi connectivity index (χ2n) is 7.65. The Labute approximate surface area is 191 Å². The van der Waals surface area contributed by atoms with Gasteiger partial charge in [0.25, 0.3) is 5.56 Å². The van der Waals surface area contributed by atoms with Crippen LogP contribution in [-0.2, 0) is 17.9 Å². The number of aryl methyl sites for hydroxylation is 1. The summed E-state index contributed by atoms with van der Waals surface area (Å²) in [5.74, 6) is -0.415. The quantitative estimate of drug-likeness (QED) is 0.437. The number of rotatable bonds is 5. The summed E-state index contributed by atoms with van der Waals surface area (Å²) in [5.41, 5.74) is 2.07. The number of nitrogens with one attached hydrogen (secondary N) is 1. The maximum absolute atomic E-state index is 13.3. The Morgan fingerprint density at radius 1 is 1.00 bits per heavy atom. The van der Waals surface area contributed by atoms with Crippen LogP contribution in [0.15, 0.2) is 76.4 Å². The van der Waals surface area contributed by atoms with E-state index in [4.69, 9.17) is 0 Å². The van der Waals surface area contributed by atoms with Crippen molar-refractivity contribution in [3.8, 4) is 0 Å². The zero-order valence-corrected chi connectivity index (χ0v) is 18.5. The molecule has 1 amide bonds. The van der Waals surface area contributed by atoms with Crippen LogP contribution < -0.4 is 16.6 Å². The number of hydrogen-bond donors (Lipinski definition) is 1. The Balaban J connectivity index is 1.52. The molecule has 1 N–H and O–H groups in total. The van der Waals surface area contributed by atoms with Crippen molar-refractivity contribution >= 4 is 43.6 Å². The maximum Gasteiger partial charge on any atom is 0.332 e. The van der Waals surface area contributed by atoms with E-state index in [0.29, 0.717) is 10.6 Å². The fourth-order valence-electron chi connectivity index (χ4n) is 3.64. The lowest BCUT2D eigenvalue weighted by Crippen LogP contribution is -2.42. The maximum atomic E-state index is 13.3. The van der Waals surface area contributed by atoms with Gasteiger partial charge >= 0.3 is 5.69 Å². The van der Waals surface area contributed by atoms with Gasteiger partial charge < -0.3 is 5.32 Å². The highest BCUT2D eigenvalue weighted by molar-refractivity contribution is 7.22. The van der Waals surface area contributed by atoms with Gasteiger partial charge in [-0.25, -0.2) is 14.8 Å². The van der Waals surface area contributed by atoms with Gasteiger partial charge in [0.05, 0.1) is 22.3 Å². The summed E-state index contributed by atoms with van der Waals surface area (Å²) >= 11 is 1.35. The monoisotopic (exact) mass is 457 g/mol. The van der Waals surface area contributed by atoms with Gasteiger partial charge in [-0.05, 0) is 36.8 Å². The summed E-state index contributed by atoms with van der Waals surface area (Å²) in [7, 11) is 0. The van der Waals surface area contributed by atoms with Gasteiger partial charge in [0, 0.05) is 6.20 Å². The fourth-order valence-corrected chi connectivity index (χ4v) is 4.52. The van der Waals surface area contributed by atoms with Crippen molar-refractivity contribution in [1.82, 2.24) is 19.1 Å². The molecule has 0 bridgehead atoms. The van der Waals surface area contributed by atoms with E-state index in [9.17, 15) is 14.4 Å². The normalized spacial score (nSPS) is 11.2. The lowest BCUT2D eigenvalue weighted by Gasteiger charge is -2.13. The van der Waals surface area contributed by atoms with Gasteiger partial charge in [0.1, 0.15) is 6.54 Å². The van der Waals surface area contributed by atoms with Crippen molar-refractivity contribution in [1.29, 1.82) is 0 Å². The number of thiazole rings is 1. The topological polar surface area (TPSA) is 98.9 Å². The third kappa shape index (κ3) is 4.06. The zero-order valence-electron chi connectivity index (χ0n) is 17.7. The Hall–Kier alpha value is -4.11. The van der Waals surface area contributed by atoms with Crippen LogP contribution in [0.1, 0.15) is 11.1 Å². The lowest BCUT2D eigenvalue weighted by molar-refractivity contribution is -0.116. The van der Waals surface area contributed by atoms with Gasteiger partial charge in [-0.2, -0.15) is 0 Å². The molecular weight excluding hydrogens is 438 g/mol. The first kappa shape index (κ1) is 20.8. The van der Waals surface area contributed by atoms with Gasteiger partial charge in [0.15, 0.2) is 10.6 Å². The Morgan fingerprint density at radius 3 is 2.58 bits per heavy atom. The number of fused-ring (bicyclic) bond motifs is 2. The first-order valence-corrected chi connectivity index (χ1v) is 11.1. The van der Waals surface area contributed by atoms with Crippen LogP contribution >= 0.6 is 11.3 Å². The number of carbonyl (C=O) groups is 1. The van der Waals surface area contributed by atoms with Crippen molar-refractivity contribution in [3.05, 3.63) is 98.8 Å². The minimum absolute atomic E-state index is 0.0873. The van der Waals surface area contributed by atoms with Crippen molar-refractivity contribution in [2.24, 2.45) is 0 Å². The Morgan fingerprint density at radius 2 is 1.79 bits per heavy atom. The number of pyridine rings is 1. The fraction of sp³-hybridized carbons (Fsp3) is 0.125. The number of aromatic nitrogens is 4. The third-order valence-electron chi connectivity index (χ3n) is 5.29. The summed E-state index contributed by atoms with van der Waals surface area (Å²) in [6, 6.07) is 18.4. The molecular formula is C24H19N5O3S. The molecule has 0 saturated heterocycles. The molecule has 33 heavy (non-hydrogen) atoms. The molecule has 5 rings (SSSR count). The Kier molecular flexibility index (Phi) is 5.31. The van der Waals surface area contributed by atoms with Crippen LogP contribution in [0.4, 0.5) is 5.13 Å². The van der Waals surface area contributed by atoms with Crippen LogP contribution in [0.25, 0.3) is 21.3 Å². The van der Waals surface area contributed by atoms with Crippen LogP contribution in [0, 0.1) is 6.92 Å². The molecule has 9 heteroatoms. The first-order chi connectivity index (χ1) is 16.0. The van der Waals surface area contributed by atoms with E-state index in [1.165, 1.54) is 22.1 Å². The summed E-state index contributed by atoms with van der Waals surface area (Å²) in [5, 5.41) is 3.21. The van der Waals surface area contributed by atoms with Gasteiger partial charge in [-0.15, -0.1) is 0 Å². The molecule has 0 aliphatic carbocycles. The molecule has 0 spiro atoms. The summed E-state index contributed by atoms with van der Waals surface area (Å²) in [6.07, 6.45) is 1.50. The van der Waals surface area contributed by atoms with Gasteiger partial charge in [0.2, 0.25) is 5.91 Å². The average Bonchev–Trinajstić information content (AvgIpc) is 3.23. The van der Waals surface area contributed by atoms with E-state index in [2.05, 4.69) is 15.3 Å². The highest BCUT2D eigenvalue weighted by atomic mass is 32.1. The van der Waals surface area contributed by atoms with E-state index in [0.717, 1.165) is 25.9 Å². The lowest BCUT2D eigenvalue weighted by atomic mass is 10.1. The molecule has 5 aromatic rings. The van der Waals surface area contributed by atoms with E-state index in [1.807, 2.05) is 55.5 Å². The van der Waals surface area contributed by atoms with Crippen LogP contribution in [-0.4, -0.2) is 25.0 Å². The second-order valence-corrected chi connectivity index (χ2v) is 8.68. The van der Waals surface area contributed by atoms with Gasteiger partial charge in [-0.3, -0.25) is 18.7 Å². The van der Waals surface area contributed by atoms with E-state index >= 15 is 0 Å². The molecule has 0 unspecified atom stereocenters. The molecule has 0 atom stereocenters. The zero-order chi connectivity index (χ0) is 22.9. The van der Waals surface area contributed by atoms with Crippen LogP contribution in [0.3, 0.4) is 0 Å². The van der Waals surface area contributed by atoms with Crippen molar-refractivity contribution < 1.29 is 4.79 Å². The number of amides is 1. The second kappa shape index (κ2) is 8.44. The number of benzene rings is 2. The Bertz CT molecular complexity index is 1580. The molecule has 2 aromatic carbocycles. The highest BCUT2D eigenvalue weighted by Gasteiger charge is 2.17. The smallest absolute Gasteiger partial charge is 0.300 e. The molecule has 0 radical (unpaired) electrons. The van der Waals surface area contributed by atoms with Crippen molar-refractivity contribution in [3.63, 3.8) is 0 Å². The molecule has 0 fully saturated rings. The number of nitrogens with zero attached hydrogens (tertiary/aromatic N) is 4. The largest absolute Gasteiger partial charge is 0.332 e. The molecule has 8 nitrogen and oxygen atoms in total. The molecule has 0 aliphatic heterocycles. The molecule has 3 aromatic heterocycles. The molecule has 0 saturated carbocycles. The van der Waals surface area contributed by atoms with E-state index in [-0.39, 0.29) is 18.6 Å². The highest BCUT2D eigenvalue weighted by Crippen LogP contribution is 2.25. The number of hydrogen-bond acceptors (Lipinski definition) is 6. The molecule has 0 aliphatic rings. The number of carbonyl (C=O) groups excluding carboxylic acids is 1. The average molecular weight is 458 g/mol. The predicted molar refractivity (Wildman–Crippen MR) is 129 cm³/mol. The summed E-state index contributed by atoms with van der Waals surface area (Å²) in [6.45, 7) is 1.78. The SMILES string of the molecule is Cc1ccc(Cn2c(=O)c3ncccc3n(CC(=O)Nc3nc4ccccc4s3)c2=O)cc1. The van der Waals surface area contributed by atoms with Crippen LogP contribution in [0.2, 0.25) is 0 Å². The van der Waals surface area contributed by atoms with E-state index < -0.39 is 17.2 Å². The standard InChI is InChI=1S/C24H19N5O3S/c1-15-8-10-16(11-9-15)13-29-22(31)21-18(6-4-12-25-21)28(24(29)32)14-20(30)27-23-26-17-5-2-3-7-19(17)33-23/h2-12H,13-14H2,1H3,(H,26,27,30). The number of para-hydroxylation sites is 1. The molecule has 3 heterocycles. The summed E-state index contributed by atoms with van der Waals surface area (Å²) in [4.78, 5) is 47.8. The van der Waals surface area contributed by atoms with Crippen molar-refractivity contribution in [2.45, 2.75) is 20.0 Å². The number of anilines is 1. The van der Waals surface area contributed by atoms with Gasteiger partial charge in [-0.1, -0.05) is 53.3 Å². The third-order valence-corrected chi connectivity index (χ3v) is 6.24. The summed E-state index contributed by atoms with van der Waals surface area (Å²) < 4.78 is 3.34. The van der Waals surface area contributed by atoms with Crippen LogP contribution in [0.5, 0.6) is 0 Å². The minimum atomic E-state index is -0.569. The predicted octanol–water partition coefficient (Wildman–Crippen LogP) is 3.16. The van der Waals surface area contributed by atoms with Crippen molar-refractivity contribution in [2.75, 3.05) is 5.32 Å². The molecule has 164 valence electrons. The first-order valence-electron chi connectivity index (χ1n) is 10.3. The van der Waals surface area contributed by atoms with E-state index in [1.54, 1.807) is 12.1 Å². The minimum Gasteiger partial charge on any atom is -0.300 e.